The summed E-state index contributed by atoms with van der Waals surface area (Å²) in [5.74, 6) is -5.09. The second-order valence-corrected chi connectivity index (χ2v) is 15.4. The van der Waals surface area contributed by atoms with Crippen molar-refractivity contribution in [2.75, 3.05) is 6.54 Å². The van der Waals surface area contributed by atoms with E-state index >= 15 is 0 Å². The molecule has 318 valence electrons. The molecule has 1 aliphatic heterocycles. The number of nitro groups is 1. The van der Waals surface area contributed by atoms with Crippen molar-refractivity contribution in [1.82, 2.24) is 36.4 Å². The monoisotopic (exact) mass is 820 g/mol. The van der Waals surface area contributed by atoms with Gasteiger partial charge in [-0.1, -0.05) is 64.1 Å². The van der Waals surface area contributed by atoms with Gasteiger partial charge in [-0.3, -0.25) is 53.6 Å². The maximum Gasteiger partial charge on any atom is 0.283 e. The van der Waals surface area contributed by atoms with Crippen LogP contribution in [0.5, 0.6) is 0 Å². The average Bonchev–Trinajstić information content (AvgIpc) is 3.59. The molecule has 59 heavy (non-hydrogen) atoms. The Labute approximate surface area is 339 Å². The van der Waals surface area contributed by atoms with Gasteiger partial charge < -0.3 is 31.3 Å². The van der Waals surface area contributed by atoms with Gasteiger partial charge in [-0.25, -0.2) is 4.68 Å². The third kappa shape index (κ3) is 12.1. The minimum absolute atomic E-state index is 0.0685. The Balaban J connectivity index is 1.63. The number of benzene rings is 2. The van der Waals surface area contributed by atoms with Gasteiger partial charge in [0.1, 0.15) is 30.1 Å². The molecule has 3 aromatic rings. The number of ketones is 1. The average molecular weight is 821 g/mol. The molecule has 1 fully saturated rings. The number of rotatable bonds is 20. The van der Waals surface area contributed by atoms with Gasteiger partial charge in [0, 0.05) is 25.5 Å². The van der Waals surface area contributed by atoms with Crippen LogP contribution in [0, 0.1) is 27.9 Å². The second-order valence-electron chi connectivity index (χ2n) is 15.4. The normalized spacial score (nSPS) is 16.4. The number of carbonyl (C=O) groups is 6. The lowest BCUT2D eigenvalue weighted by Crippen LogP contribution is -2.61. The van der Waals surface area contributed by atoms with E-state index < -0.39 is 99.3 Å². The summed E-state index contributed by atoms with van der Waals surface area (Å²) in [6, 6.07) is 7.58. The number of hydrogen-bond donors (Lipinski definition) is 6. The quantitative estimate of drug-likeness (QED) is 0.0690. The fourth-order valence-electron chi connectivity index (χ4n) is 6.81. The summed E-state index contributed by atoms with van der Waals surface area (Å²) in [4.78, 5) is 118. The minimum Gasteiger partial charge on any atom is -0.371 e. The summed E-state index contributed by atoms with van der Waals surface area (Å²) in [6.45, 7) is 9.52. The number of nitrogens with one attached hydrogen (secondary N) is 6. The number of nitrogens with zero attached hydrogens (tertiary/aromatic N) is 2. The van der Waals surface area contributed by atoms with Crippen molar-refractivity contribution in [2.45, 2.75) is 104 Å². The molecule has 0 radical (unpaired) electrons. The number of aromatic amines is 1. The van der Waals surface area contributed by atoms with E-state index in [0.717, 1.165) is 11.6 Å². The molecule has 6 atom stereocenters. The molecule has 6 N–H and O–H groups in total. The van der Waals surface area contributed by atoms with Crippen molar-refractivity contribution in [1.29, 1.82) is 0 Å². The molecule has 2 aromatic carbocycles. The van der Waals surface area contributed by atoms with E-state index in [9.17, 15) is 48.5 Å². The first-order valence-electron chi connectivity index (χ1n) is 19.4. The fraction of sp³-hybridized carbons (Fsp3) is 0.500. The number of hydrogen-bond acceptors (Lipinski definition) is 11. The largest absolute Gasteiger partial charge is 0.371 e. The Morgan fingerprint density at radius 1 is 0.864 bits per heavy atom. The first kappa shape index (κ1) is 45.5. The van der Waals surface area contributed by atoms with Gasteiger partial charge in [0.05, 0.1) is 29.1 Å². The Morgan fingerprint density at radius 3 is 2.12 bits per heavy atom. The number of non-ortho nitro benzene ring substituents is 1. The topological polar surface area (TPSA) is 270 Å². The van der Waals surface area contributed by atoms with Crippen LogP contribution in [0.15, 0.2) is 58.1 Å². The number of carbonyl (C=O) groups excluding carboxylic acids is 6. The number of fused-ring (bicyclic) bond motifs is 1. The summed E-state index contributed by atoms with van der Waals surface area (Å²) >= 11 is 0. The van der Waals surface area contributed by atoms with E-state index in [1.165, 1.54) is 19.1 Å². The van der Waals surface area contributed by atoms with Crippen molar-refractivity contribution in [3.8, 4) is 0 Å². The van der Waals surface area contributed by atoms with Crippen LogP contribution < -0.4 is 37.7 Å². The van der Waals surface area contributed by atoms with E-state index in [-0.39, 0.29) is 42.6 Å². The van der Waals surface area contributed by atoms with Crippen LogP contribution in [0.25, 0.3) is 10.8 Å². The molecule has 4 rings (SSSR count). The van der Waals surface area contributed by atoms with Crippen LogP contribution in [-0.4, -0.2) is 86.8 Å². The van der Waals surface area contributed by atoms with Crippen LogP contribution in [0.4, 0.5) is 5.69 Å². The first-order valence-corrected chi connectivity index (χ1v) is 19.4. The molecule has 1 saturated heterocycles. The van der Waals surface area contributed by atoms with Crippen molar-refractivity contribution in [3.63, 3.8) is 0 Å². The van der Waals surface area contributed by atoms with Gasteiger partial charge in [0.25, 0.3) is 16.8 Å². The lowest BCUT2D eigenvalue weighted by molar-refractivity contribution is -0.383. The zero-order valence-corrected chi connectivity index (χ0v) is 33.9. The fourth-order valence-corrected chi connectivity index (χ4v) is 6.81. The molecule has 1 aromatic heterocycles. The van der Waals surface area contributed by atoms with Gasteiger partial charge in [-0.15, -0.1) is 0 Å². The minimum atomic E-state index is -1.40. The molecular weight excluding hydrogens is 768 g/mol. The molecule has 0 bridgehead atoms. The highest BCUT2D eigenvalue weighted by atomic mass is 16.6. The van der Waals surface area contributed by atoms with Crippen molar-refractivity contribution < 1.29 is 38.4 Å². The van der Waals surface area contributed by atoms with Crippen molar-refractivity contribution in [2.24, 2.45) is 17.8 Å². The van der Waals surface area contributed by atoms with E-state index in [4.69, 9.17) is 4.74 Å². The number of H-pyrrole nitrogens is 1. The Bertz CT molecular complexity index is 2170. The smallest absolute Gasteiger partial charge is 0.283 e. The van der Waals surface area contributed by atoms with E-state index in [1.807, 2.05) is 30.3 Å². The highest BCUT2D eigenvalue weighted by molar-refractivity contribution is 5.96. The zero-order valence-electron chi connectivity index (χ0n) is 33.9. The van der Waals surface area contributed by atoms with Gasteiger partial charge in [0.2, 0.25) is 29.5 Å². The third-order valence-electron chi connectivity index (χ3n) is 9.93. The van der Waals surface area contributed by atoms with E-state index in [0.29, 0.717) is 17.6 Å². The molecule has 19 nitrogen and oxygen atoms in total. The molecular formula is C40H52N8O11. The van der Waals surface area contributed by atoms with E-state index in [1.54, 1.807) is 34.6 Å². The van der Waals surface area contributed by atoms with Gasteiger partial charge in [-0.05, 0) is 49.7 Å². The second kappa shape index (κ2) is 20.4. The maximum absolute atomic E-state index is 14.2. The molecule has 1 aliphatic rings. The number of nitro benzene ring substituents is 1. The summed E-state index contributed by atoms with van der Waals surface area (Å²) in [6.07, 6.45) is -0.719. The van der Waals surface area contributed by atoms with Gasteiger partial charge >= 0.3 is 0 Å². The summed E-state index contributed by atoms with van der Waals surface area (Å²) in [7, 11) is 0. The molecule has 2 heterocycles. The number of aromatic nitrogens is 2. The van der Waals surface area contributed by atoms with Crippen LogP contribution in [-0.2, 0) is 46.7 Å². The Morgan fingerprint density at radius 2 is 1.53 bits per heavy atom. The van der Waals surface area contributed by atoms with Crippen molar-refractivity contribution >= 4 is 51.8 Å². The molecule has 0 saturated carbocycles. The van der Waals surface area contributed by atoms with E-state index in [2.05, 4.69) is 31.7 Å². The summed E-state index contributed by atoms with van der Waals surface area (Å²) in [5, 5.41) is 26.3. The molecule has 5 amide bonds. The lowest BCUT2D eigenvalue weighted by atomic mass is 9.94. The van der Waals surface area contributed by atoms with Crippen LogP contribution in [0.1, 0.15) is 66.4 Å². The Kier molecular flexibility index (Phi) is 15.8. The highest BCUT2D eigenvalue weighted by Crippen LogP contribution is 2.20. The predicted molar refractivity (Wildman–Crippen MR) is 215 cm³/mol. The SMILES string of the molecule is CC(=O)N[C@H](C(=O)N[C@H](C(=O)N[C@@H](CC(C)C)C(=O)N[C@@H](C[C@@H]1CCNC1=O)C(=O)Cn1[nH]c(=O)c2c([N+](=O)[O-])cccc2c1=O)C(C)OCc1ccccc1)C(C)C. The molecule has 0 aliphatic carbocycles. The van der Waals surface area contributed by atoms with Crippen LogP contribution >= 0.6 is 0 Å². The first-order chi connectivity index (χ1) is 27.9. The maximum atomic E-state index is 14.2. The van der Waals surface area contributed by atoms with Crippen LogP contribution in [0.2, 0.25) is 0 Å². The lowest BCUT2D eigenvalue weighted by Gasteiger charge is -2.30. The number of ether oxygens (including phenoxy) is 1. The third-order valence-corrected chi connectivity index (χ3v) is 9.93. The van der Waals surface area contributed by atoms with Gasteiger partial charge in [-0.2, -0.15) is 0 Å². The Hall–Kier alpha value is -6.24. The molecule has 1 unspecified atom stereocenters. The zero-order chi connectivity index (χ0) is 43.6. The molecule has 0 spiro atoms. The molecule has 19 heteroatoms. The number of Topliss-reactive ketones (excluding diaryl/α,β-unsaturated/α-hetero) is 1. The summed E-state index contributed by atoms with van der Waals surface area (Å²) < 4.78 is 6.71. The summed E-state index contributed by atoms with van der Waals surface area (Å²) in [5.41, 5.74) is -1.69. The van der Waals surface area contributed by atoms with Crippen LogP contribution in [0.3, 0.4) is 0 Å². The van der Waals surface area contributed by atoms with Gasteiger partial charge in [0.15, 0.2) is 5.78 Å². The highest BCUT2D eigenvalue weighted by Gasteiger charge is 2.37. The standard InChI is InChI=1S/C40H52N8O11/c1-21(2)17-29(44-39(55)34(23(5)59-20-25-11-8-7-9-12-25)45-38(54)33(22(3)4)42-24(6)49)36(52)43-28(18-26-15-16-41-35(26)51)31(50)19-47-40(56)27-13-10-14-30(48(57)58)32(27)37(53)46-47/h7-14,21-23,26,28-29,33-34H,15-20H2,1-6H3,(H,41,51)(H,42,49)(H,43,52)(H,44,55)(H,45,54)(H,46,53)/t23?,26-,28-,29-,33-,34-/m0/s1. The number of amides is 5. The predicted octanol–water partition coefficient (Wildman–Crippen LogP) is 0.960. The van der Waals surface area contributed by atoms with Crippen molar-refractivity contribution in [3.05, 3.63) is 84.9 Å².